The molecule has 0 unspecified atom stereocenters. The summed E-state index contributed by atoms with van der Waals surface area (Å²) in [5.41, 5.74) is 0.349. The summed E-state index contributed by atoms with van der Waals surface area (Å²) < 4.78 is 3.10. The molecule has 1 fully saturated rings. The Morgan fingerprint density at radius 3 is 2.28 bits per heavy atom. The maximum absolute atomic E-state index is 12.5. The molecule has 0 atom stereocenters. The van der Waals surface area contributed by atoms with Crippen LogP contribution in [0, 0.1) is 5.41 Å². The van der Waals surface area contributed by atoms with Gasteiger partial charge in [0.25, 0.3) is 0 Å². The number of aryl methyl sites for hydroxylation is 1. The van der Waals surface area contributed by atoms with Crippen molar-refractivity contribution in [2.45, 2.75) is 39.5 Å². The third-order valence-electron chi connectivity index (χ3n) is 4.75. The minimum Gasteiger partial charge on any atom is -0.342 e. The first-order valence-corrected chi connectivity index (χ1v) is 8.80. The van der Waals surface area contributed by atoms with E-state index in [1.165, 1.54) is 4.68 Å². The number of hydrogen-bond donors (Lipinski definition) is 0. The van der Waals surface area contributed by atoms with Gasteiger partial charge in [-0.3, -0.25) is 4.79 Å². The smallest absolute Gasteiger partial charge is 0.342 e. The molecule has 2 aromatic rings. The minimum absolute atomic E-state index is 0.130. The Labute approximate surface area is 148 Å². The summed E-state index contributed by atoms with van der Waals surface area (Å²) in [5.74, 6) is 1.16. The molecule has 3 rings (SSSR count). The second-order valence-corrected chi connectivity index (χ2v) is 7.75. The number of para-hydroxylation sites is 1. The molecule has 1 amide bonds. The number of aromatic nitrogens is 3. The molecule has 6 nitrogen and oxygen atoms in total. The van der Waals surface area contributed by atoms with E-state index in [9.17, 15) is 9.59 Å². The molecule has 134 valence electrons. The third kappa shape index (κ3) is 3.38. The van der Waals surface area contributed by atoms with Gasteiger partial charge in [-0.05, 0) is 25.0 Å². The fourth-order valence-electron chi connectivity index (χ4n) is 3.38. The van der Waals surface area contributed by atoms with E-state index in [4.69, 9.17) is 0 Å². The first kappa shape index (κ1) is 17.5. The molecule has 0 radical (unpaired) electrons. The van der Waals surface area contributed by atoms with Gasteiger partial charge in [-0.15, -0.1) is 0 Å². The Morgan fingerprint density at radius 2 is 1.72 bits per heavy atom. The van der Waals surface area contributed by atoms with Crippen LogP contribution in [0.4, 0.5) is 0 Å². The molecule has 0 bridgehead atoms. The number of likely N-dealkylation sites (tertiary alicyclic amines) is 1. The summed E-state index contributed by atoms with van der Waals surface area (Å²) in [7, 11) is 1.68. The van der Waals surface area contributed by atoms with Crippen LogP contribution in [-0.4, -0.2) is 38.2 Å². The van der Waals surface area contributed by atoms with Crippen LogP contribution in [0.25, 0.3) is 5.69 Å². The summed E-state index contributed by atoms with van der Waals surface area (Å²) in [4.78, 5) is 26.9. The number of piperidine rings is 1. The summed E-state index contributed by atoms with van der Waals surface area (Å²) in [6.45, 7) is 7.27. The van der Waals surface area contributed by atoms with Crippen LogP contribution in [0.1, 0.15) is 45.4 Å². The number of carbonyl (C=O) groups excluding carboxylic acids is 1. The lowest BCUT2D eigenvalue weighted by Gasteiger charge is -2.35. The number of nitrogens with zero attached hydrogens (tertiary/aromatic N) is 4. The van der Waals surface area contributed by atoms with E-state index in [0.29, 0.717) is 13.1 Å². The van der Waals surface area contributed by atoms with E-state index in [0.717, 1.165) is 24.4 Å². The Balaban J connectivity index is 1.84. The van der Waals surface area contributed by atoms with E-state index in [-0.39, 0.29) is 22.9 Å². The van der Waals surface area contributed by atoms with Crippen molar-refractivity contribution in [3.63, 3.8) is 0 Å². The van der Waals surface area contributed by atoms with Crippen LogP contribution in [0.3, 0.4) is 0 Å². The van der Waals surface area contributed by atoms with Crippen molar-refractivity contribution in [3.8, 4) is 5.69 Å². The van der Waals surface area contributed by atoms with E-state index in [2.05, 4.69) is 5.10 Å². The van der Waals surface area contributed by atoms with Crippen molar-refractivity contribution in [2.24, 2.45) is 12.5 Å². The largest absolute Gasteiger partial charge is 0.350 e. The van der Waals surface area contributed by atoms with Gasteiger partial charge in [-0.25, -0.2) is 14.0 Å². The average Bonchev–Trinajstić information content (AvgIpc) is 2.89. The average molecular weight is 342 g/mol. The molecule has 1 aromatic carbocycles. The van der Waals surface area contributed by atoms with Crippen LogP contribution in [0.2, 0.25) is 0 Å². The van der Waals surface area contributed by atoms with Crippen LogP contribution < -0.4 is 5.69 Å². The zero-order valence-electron chi connectivity index (χ0n) is 15.4. The lowest BCUT2D eigenvalue weighted by atomic mass is 9.90. The van der Waals surface area contributed by atoms with E-state index in [1.54, 1.807) is 11.6 Å². The molecule has 1 aliphatic heterocycles. The second kappa shape index (κ2) is 6.50. The highest BCUT2D eigenvalue weighted by Crippen LogP contribution is 2.29. The molecule has 0 N–H and O–H groups in total. The molecule has 0 saturated carbocycles. The lowest BCUT2D eigenvalue weighted by Crippen LogP contribution is -2.44. The molecule has 25 heavy (non-hydrogen) atoms. The van der Waals surface area contributed by atoms with Gasteiger partial charge in [-0.2, -0.15) is 5.10 Å². The maximum atomic E-state index is 12.5. The van der Waals surface area contributed by atoms with Gasteiger partial charge in [0.2, 0.25) is 5.91 Å². The van der Waals surface area contributed by atoms with Gasteiger partial charge in [-0.1, -0.05) is 39.0 Å². The van der Waals surface area contributed by atoms with Crippen molar-refractivity contribution in [3.05, 3.63) is 46.6 Å². The van der Waals surface area contributed by atoms with Gasteiger partial charge in [0.1, 0.15) is 5.82 Å². The van der Waals surface area contributed by atoms with Gasteiger partial charge in [0, 0.05) is 31.5 Å². The first-order chi connectivity index (χ1) is 11.8. The zero-order valence-corrected chi connectivity index (χ0v) is 15.4. The van der Waals surface area contributed by atoms with Crippen molar-refractivity contribution in [1.82, 2.24) is 19.2 Å². The van der Waals surface area contributed by atoms with Gasteiger partial charge < -0.3 is 4.90 Å². The quantitative estimate of drug-likeness (QED) is 0.841. The highest BCUT2D eigenvalue weighted by Gasteiger charge is 2.32. The van der Waals surface area contributed by atoms with Gasteiger partial charge in [0.05, 0.1) is 5.69 Å². The van der Waals surface area contributed by atoms with E-state index in [1.807, 2.05) is 56.0 Å². The number of amides is 1. The number of benzene rings is 1. The molecule has 6 heteroatoms. The van der Waals surface area contributed by atoms with E-state index >= 15 is 0 Å². The fourth-order valence-corrected chi connectivity index (χ4v) is 3.38. The zero-order chi connectivity index (χ0) is 18.2. The Morgan fingerprint density at radius 1 is 1.12 bits per heavy atom. The van der Waals surface area contributed by atoms with Crippen LogP contribution in [-0.2, 0) is 11.8 Å². The van der Waals surface area contributed by atoms with Crippen LogP contribution in [0.15, 0.2) is 35.1 Å². The molecule has 1 saturated heterocycles. The molecule has 1 aromatic heterocycles. The van der Waals surface area contributed by atoms with Crippen LogP contribution in [0.5, 0.6) is 0 Å². The molecular formula is C19H26N4O2. The highest BCUT2D eigenvalue weighted by atomic mass is 16.2. The van der Waals surface area contributed by atoms with Crippen LogP contribution >= 0.6 is 0 Å². The Kier molecular flexibility index (Phi) is 4.54. The summed E-state index contributed by atoms with van der Waals surface area (Å²) in [6, 6.07) is 9.61. The Hall–Kier alpha value is -2.37. The standard InChI is InChI=1S/C19H26N4O2/c1-19(2,3)17(24)22-12-10-14(11-13-22)16-20-21(4)18(25)23(16)15-8-6-5-7-9-15/h5-9,14H,10-13H2,1-4H3. The normalized spacial score (nSPS) is 16.2. The monoisotopic (exact) mass is 342 g/mol. The molecule has 1 aliphatic rings. The van der Waals surface area contributed by atoms with Gasteiger partial charge >= 0.3 is 5.69 Å². The van der Waals surface area contributed by atoms with Crippen molar-refractivity contribution in [2.75, 3.05) is 13.1 Å². The topological polar surface area (TPSA) is 60.1 Å². The number of carbonyl (C=O) groups is 1. The summed E-state index contributed by atoms with van der Waals surface area (Å²) >= 11 is 0. The maximum Gasteiger partial charge on any atom is 0.350 e. The summed E-state index contributed by atoms with van der Waals surface area (Å²) in [6.07, 6.45) is 1.65. The van der Waals surface area contributed by atoms with Crippen molar-refractivity contribution < 1.29 is 4.79 Å². The SMILES string of the molecule is Cn1nc(C2CCN(C(=O)C(C)(C)C)CC2)n(-c2ccccc2)c1=O. The number of hydrogen-bond acceptors (Lipinski definition) is 3. The fraction of sp³-hybridized carbons (Fsp3) is 0.526. The molecular weight excluding hydrogens is 316 g/mol. The lowest BCUT2D eigenvalue weighted by molar-refractivity contribution is -0.140. The second-order valence-electron chi connectivity index (χ2n) is 7.75. The first-order valence-electron chi connectivity index (χ1n) is 8.80. The number of rotatable bonds is 2. The highest BCUT2D eigenvalue weighted by molar-refractivity contribution is 5.81. The predicted octanol–water partition coefficient (Wildman–Crippen LogP) is 2.32. The summed E-state index contributed by atoms with van der Waals surface area (Å²) in [5, 5.41) is 4.49. The predicted molar refractivity (Wildman–Crippen MR) is 96.8 cm³/mol. The van der Waals surface area contributed by atoms with Crippen molar-refractivity contribution >= 4 is 5.91 Å². The molecule has 0 spiro atoms. The molecule has 0 aliphatic carbocycles. The van der Waals surface area contributed by atoms with Crippen molar-refractivity contribution in [1.29, 1.82) is 0 Å². The van der Waals surface area contributed by atoms with E-state index < -0.39 is 0 Å². The minimum atomic E-state index is -0.357. The van der Waals surface area contributed by atoms with Gasteiger partial charge in [0.15, 0.2) is 0 Å². The Bertz CT molecular complexity index is 806. The third-order valence-corrected chi connectivity index (χ3v) is 4.75. The molecule has 2 heterocycles.